The molecular weight excluding hydrogens is 366 g/mol. The van der Waals surface area contributed by atoms with Crippen molar-refractivity contribution < 1.29 is 19.1 Å². The smallest absolute Gasteiger partial charge is 0.421 e. The molecule has 0 bridgehead atoms. The zero-order chi connectivity index (χ0) is 20.1. The summed E-state index contributed by atoms with van der Waals surface area (Å²) in [4.78, 5) is 24.6. The maximum atomic E-state index is 12.9. The number of rotatable bonds is 6. The summed E-state index contributed by atoms with van der Waals surface area (Å²) >= 11 is 0. The third kappa shape index (κ3) is 4.04. The van der Waals surface area contributed by atoms with Crippen LogP contribution in [-0.4, -0.2) is 16.9 Å². The van der Waals surface area contributed by atoms with Crippen LogP contribution >= 0.6 is 0 Å². The summed E-state index contributed by atoms with van der Waals surface area (Å²) in [5.74, 6) is 0.255. The van der Waals surface area contributed by atoms with Gasteiger partial charge < -0.3 is 9.47 Å². The number of fused-ring (bicyclic) bond motifs is 1. The standard InChI is InChI=1S/C24H19NO4/c26-16-22(19-11-5-2-6-12-19)29-23-15-20-13-7-8-14-21(20)25(23)24(27)28-17-18-9-3-1-4-10-18/h1-16,22H,17H2. The molecule has 4 aromatic rings. The Bertz CT molecular complexity index is 1120. The lowest BCUT2D eigenvalue weighted by molar-refractivity contribution is -0.114. The Morgan fingerprint density at radius 1 is 0.897 bits per heavy atom. The minimum absolute atomic E-state index is 0.140. The van der Waals surface area contributed by atoms with Gasteiger partial charge in [0.25, 0.3) is 0 Å². The van der Waals surface area contributed by atoms with Crippen molar-refractivity contribution in [2.45, 2.75) is 12.7 Å². The van der Waals surface area contributed by atoms with E-state index >= 15 is 0 Å². The summed E-state index contributed by atoms with van der Waals surface area (Å²) < 4.78 is 12.8. The second kappa shape index (κ2) is 8.44. The lowest BCUT2D eigenvalue weighted by Crippen LogP contribution is -2.17. The van der Waals surface area contributed by atoms with E-state index in [1.165, 1.54) is 4.57 Å². The Labute approximate surface area is 168 Å². The van der Waals surface area contributed by atoms with Crippen LogP contribution in [0.5, 0.6) is 5.88 Å². The van der Waals surface area contributed by atoms with E-state index in [1.807, 2.05) is 72.8 Å². The van der Waals surface area contributed by atoms with E-state index < -0.39 is 12.2 Å². The topological polar surface area (TPSA) is 57.5 Å². The first kappa shape index (κ1) is 18.5. The molecule has 0 N–H and O–H groups in total. The molecular formula is C24H19NO4. The predicted molar refractivity (Wildman–Crippen MR) is 110 cm³/mol. The van der Waals surface area contributed by atoms with Crippen LogP contribution in [0.25, 0.3) is 10.9 Å². The van der Waals surface area contributed by atoms with E-state index in [2.05, 4.69) is 0 Å². The molecule has 144 valence electrons. The van der Waals surface area contributed by atoms with Crippen LogP contribution in [-0.2, 0) is 16.1 Å². The van der Waals surface area contributed by atoms with E-state index in [0.717, 1.165) is 10.9 Å². The maximum absolute atomic E-state index is 12.9. The summed E-state index contributed by atoms with van der Waals surface area (Å²) in [5.41, 5.74) is 2.24. The maximum Gasteiger partial charge on any atom is 0.421 e. The van der Waals surface area contributed by atoms with Gasteiger partial charge in [0.2, 0.25) is 5.88 Å². The third-order valence-electron chi connectivity index (χ3n) is 4.56. The normalized spacial score (nSPS) is 11.7. The fourth-order valence-corrected chi connectivity index (χ4v) is 3.14. The number of ether oxygens (including phenoxy) is 2. The average molecular weight is 385 g/mol. The molecule has 1 aromatic heterocycles. The first-order valence-electron chi connectivity index (χ1n) is 9.24. The Morgan fingerprint density at radius 3 is 2.28 bits per heavy atom. The van der Waals surface area contributed by atoms with Gasteiger partial charge in [-0.15, -0.1) is 0 Å². The van der Waals surface area contributed by atoms with Crippen LogP contribution in [0.15, 0.2) is 91.0 Å². The van der Waals surface area contributed by atoms with Crippen molar-refractivity contribution in [1.29, 1.82) is 0 Å². The van der Waals surface area contributed by atoms with Crippen molar-refractivity contribution in [2.75, 3.05) is 0 Å². The summed E-state index contributed by atoms with van der Waals surface area (Å²) in [7, 11) is 0. The van der Waals surface area contributed by atoms with Gasteiger partial charge in [0, 0.05) is 11.5 Å². The van der Waals surface area contributed by atoms with E-state index in [0.29, 0.717) is 17.4 Å². The van der Waals surface area contributed by atoms with Crippen LogP contribution in [0.4, 0.5) is 4.79 Å². The van der Waals surface area contributed by atoms with E-state index in [4.69, 9.17) is 9.47 Å². The van der Waals surface area contributed by atoms with Crippen LogP contribution < -0.4 is 4.74 Å². The molecule has 5 nitrogen and oxygen atoms in total. The number of carbonyl (C=O) groups excluding carboxylic acids is 2. The van der Waals surface area contributed by atoms with E-state index in [1.54, 1.807) is 18.2 Å². The largest absolute Gasteiger partial charge is 0.462 e. The molecule has 0 aliphatic rings. The molecule has 0 saturated carbocycles. The molecule has 29 heavy (non-hydrogen) atoms. The molecule has 0 spiro atoms. The Balaban J connectivity index is 1.65. The highest BCUT2D eigenvalue weighted by atomic mass is 16.6. The summed E-state index contributed by atoms with van der Waals surface area (Å²) in [6.45, 7) is 0.140. The molecule has 4 rings (SSSR count). The minimum Gasteiger partial charge on any atom is -0.462 e. The Morgan fingerprint density at radius 2 is 1.55 bits per heavy atom. The van der Waals surface area contributed by atoms with Gasteiger partial charge in [0.05, 0.1) is 5.52 Å². The number of benzene rings is 3. The van der Waals surface area contributed by atoms with Crippen molar-refractivity contribution >= 4 is 23.3 Å². The molecule has 5 heteroatoms. The van der Waals surface area contributed by atoms with Crippen molar-refractivity contribution in [3.63, 3.8) is 0 Å². The minimum atomic E-state index is -0.832. The predicted octanol–water partition coefficient (Wildman–Crippen LogP) is 5.15. The molecule has 0 aliphatic carbocycles. The number of hydrogen-bond donors (Lipinski definition) is 0. The number of para-hydroxylation sites is 1. The second-order valence-electron chi connectivity index (χ2n) is 6.50. The second-order valence-corrected chi connectivity index (χ2v) is 6.50. The third-order valence-corrected chi connectivity index (χ3v) is 4.56. The van der Waals surface area contributed by atoms with Crippen LogP contribution in [0, 0.1) is 0 Å². The highest BCUT2D eigenvalue weighted by Crippen LogP contribution is 2.29. The number of carbonyl (C=O) groups is 2. The fourth-order valence-electron chi connectivity index (χ4n) is 3.14. The van der Waals surface area contributed by atoms with Gasteiger partial charge in [0.15, 0.2) is 12.4 Å². The average Bonchev–Trinajstić information content (AvgIpc) is 3.15. The Kier molecular flexibility index (Phi) is 5.38. The van der Waals surface area contributed by atoms with Crippen molar-refractivity contribution in [3.8, 4) is 5.88 Å². The SMILES string of the molecule is O=CC(Oc1cc2ccccc2n1C(=O)OCc1ccccc1)c1ccccc1. The molecule has 0 aliphatic heterocycles. The molecule has 0 fully saturated rings. The number of aromatic nitrogens is 1. The zero-order valence-electron chi connectivity index (χ0n) is 15.6. The summed E-state index contributed by atoms with van der Waals surface area (Å²) in [6.07, 6.45) is -0.684. The lowest BCUT2D eigenvalue weighted by atomic mass is 10.1. The van der Waals surface area contributed by atoms with Crippen molar-refractivity contribution in [3.05, 3.63) is 102 Å². The van der Waals surface area contributed by atoms with Gasteiger partial charge in [-0.05, 0) is 17.2 Å². The van der Waals surface area contributed by atoms with Gasteiger partial charge in [-0.3, -0.25) is 4.79 Å². The highest BCUT2D eigenvalue weighted by molar-refractivity contribution is 5.92. The molecule has 1 heterocycles. The monoisotopic (exact) mass is 385 g/mol. The molecule has 0 amide bonds. The molecule has 3 aromatic carbocycles. The van der Waals surface area contributed by atoms with Gasteiger partial charge in [-0.2, -0.15) is 0 Å². The number of aldehydes is 1. The highest BCUT2D eigenvalue weighted by Gasteiger charge is 2.21. The van der Waals surface area contributed by atoms with Gasteiger partial charge >= 0.3 is 6.09 Å². The molecule has 1 unspecified atom stereocenters. The first-order valence-corrected chi connectivity index (χ1v) is 9.24. The molecule has 0 saturated heterocycles. The van der Waals surface area contributed by atoms with Gasteiger partial charge in [-0.25, -0.2) is 9.36 Å². The number of nitrogens with zero attached hydrogens (tertiary/aromatic N) is 1. The fraction of sp³-hybridized carbons (Fsp3) is 0.0833. The van der Waals surface area contributed by atoms with Crippen LogP contribution in [0.3, 0.4) is 0 Å². The van der Waals surface area contributed by atoms with Gasteiger partial charge in [-0.1, -0.05) is 78.9 Å². The van der Waals surface area contributed by atoms with Crippen LogP contribution in [0.1, 0.15) is 17.2 Å². The van der Waals surface area contributed by atoms with E-state index in [-0.39, 0.29) is 12.5 Å². The summed E-state index contributed by atoms with van der Waals surface area (Å²) in [5, 5.41) is 0.817. The van der Waals surface area contributed by atoms with Crippen molar-refractivity contribution in [2.24, 2.45) is 0 Å². The quantitative estimate of drug-likeness (QED) is 0.431. The lowest BCUT2D eigenvalue weighted by Gasteiger charge is -2.16. The molecule has 0 radical (unpaired) electrons. The van der Waals surface area contributed by atoms with Crippen molar-refractivity contribution in [1.82, 2.24) is 4.57 Å². The first-order chi connectivity index (χ1) is 14.3. The zero-order valence-corrected chi connectivity index (χ0v) is 15.6. The Hall–Kier alpha value is -3.86. The van der Waals surface area contributed by atoms with Crippen LogP contribution in [0.2, 0.25) is 0 Å². The van der Waals surface area contributed by atoms with Gasteiger partial charge in [0.1, 0.15) is 6.61 Å². The summed E-state index contributed by atoms with van der Waals surface area (Å²) in [6, 6.07) is 27.7. The number of hydrogen-bond acceptors (Lipinski definition) is 4. The molecule has 1 atom stereocenters. The van der Waals surface area contributed by atoms with E-state index in [9.17, 15) is 9.59 Å².